The van der Waals surface area contributed by atoms with E-state index in [9.17, 15) is 18.4 Å². The van der Waals surface area contributed by atoms with Gasteiger partial charge in [-0.05, 0) is 31.0 Å². The summed E-state index contributed by atoms with van der Waals surface area (Å²) in [5, 5.41) is 8.78. The number of halogens is 2. The molecule has 1 heterocycles. The minimum absolute atomic E-state index is 0.0381. The van der Waals surface area contributed by atoms with Crippen molar-refractivity contribution in [1.82, 2.24) is 4.90 Å². The lowest BCUT2D eigenvalue weighted by molar-refractivity contribution is -0.137. The SMILES string of the molecule is O=C(O)CC1CCCN1C(=O)c1ccc(F)c(F)c1. The second kappa shape index (κ2) is 5.34. The van der Waals surface area contributed by atoms with Gasteiger partial charge in [-0.1, -0.05) is 0 Å². The Hall–Kier alpha value is -1.98. The number of carboxylic acids is 1. The molecule has 102 valence electrons. The molecule has 2 rings (SSSR count). The summed E-state index contributed by atoms with van der Waals surface area (Å²) in [4.78, 5) is 24.3. The third kappa shape index (κ3) is 2.89. The van der Waals surface area contributed by atoms with Gasteiger partial charge in [0.25, 0.3) is 5.91 Å². The minimum Gasteiger partial charge on any atom is -0.481 e. The largest absolute Gasteiger partial charge is 0.481 e. The van der Waals surface area contributed by atoms with Crippen molar-refractivity contribution in [2.45, 2.75) is 25.3 Å². The fourth-order valence-corrected chi connectivity index (χ4v) is 2.31. The quantitative estimate of drug-likeness (QED) is 0.913. The van der Waals surface area contributed by atoms with Gasteiger partial charge in [0.2, 0.25) is 0 Å². The van der Waals surface area contributed by atoms with Gasteiger partial charge in [-0.3, -0.25) is 9.59 Å². The maximum Gasteiger partial charge on any atom is 0.305 e. The van der Waals surface area contributed by atoms with Crippen molar-refractivity contribution < 1.29 is 23.5 Å². The van der Waals surface area contributed by atoms with Crippen LogP contribution in [0.1, 0.15) is 29.6 Å². The van der Waals surface area contributed by atoms with Gasteiger partial charge in [0, 0.05) is 18.2 Å². The summed E-state index contributed by atoms with van der Waals surface area (Å²) in [6.07, 6.45) is 1.20. The molecule has 1 amide bonds. The smallest absolute Gasteiger partial charge is 0.305 e. The average molecular weight is 269 g/mol. The lowest BCUT2D eigenvalue weighted by Crippen LogP contribution is -2.36. The summed E-state index contributed by atoms with van der Waals surface area (Å²) in [5.74, 6) is -3.53. The second-order valence-corrected chi connectivity index (χ2v) is 4.52. The standard InChI is InChI=1S/C13H13F2NO3/c14-10-4-3-8(6-11(10)15)13(19)16-5-1-2-9(16)7-12(17)18/h3-4,6,9H,1-2,5,7H2,(H,17,18). The topological polar surface area (TPSA) is 57.6 Å². The highest BCUT2D eigenvalue weighted by Gasteiger charge is 2.31. The van der Waals surface area contributed by atoms with E-state index in [0.717, 1.165) is 12.1 Å². The van der Waals surface area contributed by atoms with E-state index in [1.165, 1.54) is 11.0 Å². The van der Waals surface area contributed by atoms with Crippen molar-refractivity contribution in [2.75, 3.05) is 6.54 Å². The summed E-state index contributed by atoms with van der Waals surface area (Å²) >= 11 is 0. The second-order valence-electron chi connectivity index (χ2n) is 4.52. The van der Waals surface area contributed by atoms with Gasteiger partial charge in [-0.25, -0.2) is 8.78 Å². The Morgan fingerprint density at radius 1 is 1.32 bits per heavy atom. The number of hydrogen-bond acceptors (Lipinski definition) is 2. The lowest BCUT2D eigenvalue weighted by Gasteiger charge is -2.23. The first-order valence-electron chi connectivity index (χ1n) is 5.97. The van der Waals surface area contributed by atoms with Crippen LogP contribution in [0.15, 0.2) is 18.2 Å². The van der Waals surface area contributed by atoms with Crippen LogP contribution in [0.2, 0.25) is 0 Å². The maximum absolute atomic E-state index is 13.1. The number of carbonyl (C=O) groups excluding carboxylic acids is 1. The van der Waals surface area contributed by atoms with E-state index in [1.807, 2.05) is 0 Å². The Balaban J connectivity index is 2.18. The van der Waals surface area contributed by atoms with Gasteiger partial charge in [-0.2, -0.15) is 0 Å². The van der Waals surface area contributed by atoms with E-state index < -0.39 is 23.5 Å². The van der Waals surface area contributed by atoms with Gasteiger partial charge >= 0.3 is 5.97 Å². The fraction of sp³-hybridized carbons (Fsp3) is 0.385. The molecule has 1 saturated heterocycles. The van der Waals surface area contributed by atoms with Crippen LogP contribution in [-0.4, -0.2) is 34.5 Å². The highest BCUT2D eigenvalue weighted by atomic mass is 19.2. The Bertz CT molecular complexity index is 519. The van der Waals surface area contributed by atoms with Crippen molar-refractivity contribution in [3.05, 3.63) is 35.4 Å². The molecular weight excluding hydrogens is 256 g/mol. The number of likely N-dealkylation sites (tertiary alicyclic amines) is 1. The van der Waals surface area contributed by atoms with Crippen molar-refractivity contribution >= 4 is 11.9 Å². The van der Waals surface area contributed by atoms with Crippen molar-refractivity contribution in [2.24, 2.45) is 0 Å². The van der Waals surface area contributed by atoms with Crippen LogP contribution in [0.5, 0.6) is 0 Å². The number of carbonyl (C=O) groups is 2. The van der Waals surface area contributed by atoms with Crippen molar-refractivity contribution in [1.29, 1.82) is 0 Å². The molecule has 4 nitrogen and oxygen atoms in total. The van der Waals surface area contributed by atoms with Crippen LogP contribution >= 0.6 is 0 Å². The molecule has 0 radical (unpaired) electrons. The molecule has 1 aliphatic rings. The number of aliphatic carboxylic acids is 1. The van der Waals surface area contributed by atoms with Crippen LogP contribution in [0.3, 0.4) is 0 Å². The molecule has 1 atom stereocenters. The van der Waals surface area contributed by atoms with Gasteiger partial charge in [-0.15, -0.1) is 0 Å². The van der Waals surface area contributed by atoms with E-state index in [2.05, 4.69) is 0 Å². The molecule has 1 aliphatic heterocycles. The summed E-state index contributed by atoms with van der Waals surface area (Å²) in [6.45, 7) is 0.440. The zero-order chi connectivity index (χ0) is 14.0. The molecule has 1 aromatic rings. The third-order valence-corrected chi connectivity index (χ3v) is 3.21. The van der Waals surface area contributed by atoms with Crippen LogP contribution in [-0.2, 0) is 4.79 Å². The molecule has 1 N–H and O–H groups in total. The Labute approximate surface area is 108 Å². The Morgan fingerprint density at radius 3 is 2.68 bits per heavy atom. The molecule has 1 fully saturated rings. The average Bonchev–Trinajstić information content (AvgIpc) is 2.79. The first-order chi connectivity index (χ1) is 8.99. The highest BCUT2D eigenvalue weighted by molar-refractivity contribution is 5.94. The molecule has 1 unspecified atom stereocenters. The summed E-state index contributed by atoms with van der Waals surface area (Å²) in [6, 6.07) is 2.56. The molecule has 0 aromatic heterocycles. The number of nitrogens with zero attached hydrogens (tertiary/aromatic N) is 1. The zero-order valence-electron chi connectivity index (χ0n) is 10.1. The highest BCUT2D eigenvalue weighted by Crippen LogP contribution is 2.23. The predicted octanol–water partition coefficient (Wildman–Crippen LogP) is 2.04. The summed E-state index contributed by atoms with van der Waals surface area (Å²) in [7, 11) is 0. The van der Waals surface area contributed by atoms with Crippen LogP contribution in [0.25, 0.3) is 0 Å². The minimum atomic E-state index is -1.08. The van der Waals surface area contributed by atoms with Crippen molar-refractivity contribution in [3.8, 4) is 0 Å². The first-order valence-corrected chi connectivity index (χ1v) is 5.97. The lowest BCUT2D eigenvalue weighted by atomic mass is 10.1. The third-order valence-electron chi connectivity index (χ3n) is 3.21. The number of benzene rings is 1. The molecule has 0 spiro atoms. The number of hydrogen-bond donors (Lipinski definition) is 1. The number of carboxylic acid groups (broad SMARTS) is 1. The van der Waals surface area contributed by atoms with Crippen LogP contribution in [0.4, 0.5) is 8.78 Å². The van der Waals surface area contributed by atoms with Gasteiger partial charge in [0.15, 0.2) is 11.6 Å². The van der Waals surface area contributed by atoms with E-state index >= 15 is 0 Å². The molecular formula is C13H13F2NO3. The number of amides is 1. The fourth-order valence-electron chi connectivity index (χ4n) is 2.31. The van der Waals surface area contributed by atoms with E-state index in [4.69, 9.17) is 5.11 Å². The number of rotatable bonds is 3. The van der Waals surface area contributed by atoms with Gasteiger partial charge < -0.3 is 10.0 Å². The van der Waals surface area contributed by atoms with E-state index in [1.54, 1.807) is 0 Å². The monoisotopic (exact) mass is 269 g/mol. The molecule has 0 bridgehead atoms. The Morgan fingerprint density at radius 2 is 2.05 bits per heavy atom. The normalized spacial score (nSPS) is 18.6. The van der Waals surface area contributed by atoms with Crippen LogP contribution < -0.4 is 0 Å². The summed E-state index contributed by atoms with van der Waals surface area (Å²) in [5.41, 5.74) is 0.0381. The summed E-state index contributed by atoms with van der Waals surface area (Å²) < 4.78 is 25.9. The van der Waals surface area contributed by atoms with E-state index in [-0.39, 0.29) is 18.0 Å². The predicted molar refractivity (Wildman–Crippen MR) is 62.7 cm³/mol. The van der Waals surface area contributed by atoms with Gasteiger partial charge in [0.1, 0.15) is 0 Å². The first kappa shape index (κ1) is 13.5. The molecule has 0 saturated carbocycles. The van der Waals surface area contributed by atoms with Crippen LogP contribution in [0, 0.1) is 11.6 Å². The zero-order valence-corrected chi connectivity index (χ0v) is 10.1. The Kier molecular flexibility index (Phi) is 3.78. The maximum atomic E-state index is 13.1. The molecule has 19 heavy (non-hydrogen) atoms. The molecule has 6 heteroatoms. The molecule has 1 aromatic carbocycles. The van der Waals surface area contributed by atoms with E-state index in [0.29, 0.717) is 19.4 Å². The van der Waals surface area contributed by atoms with Gasteiger partial charge in [0.05, 0.1) is 6.42 Å². The van der Waals surface area contributed by atoms with Crippen molar-refractivity contribution in [3.63, 3.8) is 0 Å². The molecule has 0 aliphatic carbocycles.